The molecule has 4 aromatic rings. The standard InChI is InChI=1S/C26H26FN5O/c1-31(2)26-20(12-18-6-3-4-9-22(18)30-26)16-32-10-11-33-25(17-32)24-15-28-14-23(29-24)19-7-5-8-21(27)13-19/h3-9,12-15,25H,10-11,16-17H2,1-2H3/t25-/m1/s1. The number of hydrogen-bond donors (Lipinski definition) is 0. The van der Waals surface area contributed by atoms with Crippen LogP contribution in [-0.4, -0.2) is 53.6 Å². The van der Waals surface area contributed by atoms with Gasteiger partial charge in [0, 0.05) is 50.2 Å². The summed E-state index contributed by atoms with van der Waals surface area (Å²) in [4.78, 5) is 18.4. The highest BCUT2D eigenvalue weighted by Gasteiger charge is 2.25. The number of anilines is 1. The molecule has 0 N–H and O–H groups in total. The third kappa shape index (κ3) is 4.69. The fraction of sp³-hybridized carbons (Fsp3) is 0.269. The van der Waals surface area contributed by atoms with E-state index in [-0.39, 0.29) is 11.9 Å². The van der Waals surface area contributed by atoms with Gasteiger partial charge in [-0.05, 0) is 24.3 Å². The smallest absolute Gasteiger partial charge is 0.133 e. The first-order chi connectivity index (χ1) is 16.1. The normalized spacial score (nSPS) is 16.8. The van der Waals surface area contributed by atoms with E-state index in [0.29, 0.717) is 24.4 Å². The van der Waals surface area contributed by atoms with Crippen LogP contribution in [0.3, 0.4) is 0 Å². The molecule has 33 heavy (non-hydrogen) atoms. The first kappa shape index (κ1) is 21.4. The minimum atomic E-state index is -0.291. The number of nitrogens with zero attached hydrogens (tertiary/aromatic N) is 5. The van der Waals surface area contributed by atoms with Crippen LogP contribution >= 0.6 is 0 Å². The summed E-state index contributed by atoms with van der Waals surface area (Å²) in [5.74, 6) is 0.685. The lowest BCUT2D eigenvalue weighted by molar-refractivity contribution is -0.0350. The number of rotatable bonds is 5. The van der Waals surface area contributed by atoms with Gasteiger partial charge < -0.3 is 9.64 Å². The molecular formula is C26H26FN5O. The molecule has 1 aliphatic heterocycles. The van der Waals surface area contributed by atoms with Gasteiger partial charge in [0.1, 0.15) is 17.7 Å². The molecule has 2 aromatic heterocycles. The zero-order valence-corrected chi connectivity index (χ0v) is 18.8. The second-order valence-electron chi connectivity index (χ2n) is 8.49. The van der Waals surface area contributed by atoms with Gasteiger partial charge in [0.05, 0.1) is 35.9 Å². The lowest BCUT2D eigenvalue weighted by Gasteiger charge is -2.33. The number of benzene rings is 2. The van der Waals surface area contributed by atoms with Crippen molar-refractivity contribution in [2.45, 2.75) is 12.6 Å². The van der Waals surface area contributed by atoms with Crippen LogP contribution in [0.4, 0.5) is 10.2 Å². The average Bonchev–Trinajstić information content (AvgIpc) is 2.84. The highest BCUT2D eigenvalue weighted by atomic mass is 19.1. The van der Waals surface area contributed by atoms with Crippen LogP contribution in [0.1, 0.15) is 17.4 Å². The summed E-state index contributed by atoms with van der Waals surface area (Å²) in [6.07, 6.45) is 3.19. The number of para-hydroxylation sites is 1. The molecule has 6 nitrogen and oxygen atoms in total. The molecule has 0 unspecified atom stereocenters. The maximum atomic E-state index is 13.7. The van der Waals surface area contributed by atoms with Crippen LogP contribution in [0.2, 0.25) is 0 Å². The molecule has 0 amide bonds. The van der Waals surface area contributed by atoms with E-state index in [1.165, 1.54) is 17.7 Å². The van der Waals surface area contributed by atoms with Gasteiger partial charge in [-0.15, -0.1) is 0 Å². The summed E-state index contributed by atoms with van der Waals surface area (Å²) >= 11 is 0. The molecule has 1 atom stereocenters. The molecule has 0 radical (unpaired) electrons. The number of morpholine rings is 1. The Morgan fingerprint density at radius 1 is 1.06 bits per heavy atom. The van der Waals surface area contributed by atoms with Crippen molar-refractivity contribution < 1.29 is 9.13 Å². The quantitative estimate of drug-likeness (QED) is 0.454. The molecule has 1 aliphatic rings. The van der Waals surface area contributed by atoms with E-state index >= 15 is 0 Å². The average molecular weight is 444 g/mol. The van der Waals surface area contributed by atoms with Gasteiger partial charge in [-0.2, -0.15) is 0 Å². The van der Waals surface area contributed by atoms with Crippen molar-refractivity contribution in [2.75, 3.05) is 38.7 Å². The molecule has 1 saturated heterocycles. The molecule has 168 valence electrons. The number of hydrogen-bond acceptors (Lipinski definition) is 6. The maximum absolute atomic E-state index is 13.7. The van der Waals surface area contributed by atoms with Crippen LogP contribution in [0.5, 0.6) is 0 Å². The van der Waals surface area contributed by atoms with Crippen LogP contribution in [0.15, 0.2) is 67.0 Å². The molecule has 0 bridgehead atoms. The van der Waals surface area contributed by atoms with E-state index in [9.17, 15) is 4.39 Å². The second-order valence-corrected chi connectivity index (χ2v) is 8.49. The SMILES string of the molecule is CN(C)c1nc2ccccc2cc1CN1CCO[C@@H](c2cncc(-c3cccc(F)c3)n2)C1. The Kier molecular flexibility index (Phi) is 5.98. The fourth-order valence-corrected chi connectivity index (χ4v) is 4.24. The number of fused-ring (bicyclic) bond motifs is 1. The van der Waals surface area contributed by atoms with E-state index in [1.807, 2.05) is 38.4 Å². The first-order valence-corrected chi connectivity index (χ1v) is 11.0. The van der Waals surface area contributed by atoms with Crippen molar-refractivity contribution in [3.05, 3.63) is 84.1 Å². The monoisotopic (exact) mass is 443 g/mol. The Balaban J connectivity index is 1.38. The molecule has 1 fully saturated rings. The minimum absolute atomic E-state index is 0.198. The Bertz CT molecular complexity index is 1280. The topological polar surface area (TPSA) is 54.4 Å². The van der Waals surface area contributed by atoms with Gasteiger partial charge in [-0.25, -0.2) is 14.4 Å². The predicted molar refractivity (Wildman–Crippen MR) is 127 cm³/mol. The van der Waals surface area contributed by atoms with Crippen molar-refractivity contribution in [1.82, 2.24) is 19.9 Å². The minimum Gasteiger partial charge on any atom is -0.369 e. The molecule has 3 heterocycles. The maximum Gasteiger partial charge on any atom is 0.133 e. The summed E-state index contributed by atoms with van der Waals surface area (Å²) in [6, 6.07) is 16.8. The molecule has 7 heteroatoms. The highest BCUT2D eigenvalue weighted by Crippen LogP contribution is 2.27. The van der Waals surface area contributed by atoms with Crippen molar-refractivity contribution in [3.63, 3.8) is 0 Å². The predicted octanol–water partition coefficient (Wildman–Crippen LogP) is 4.47. The highest BCUT2D eigenvalue weighted by molar-refractivity contribution is 5.81. The van der Waals surface area contributed by atoms with Crippen LogP contribution < -0.4 is 4.90 Å². The second kappa shape index (κ2) is 9.21. The Morgan fingerprint density at radius 2 is 1.94 bits per heavy atom. The third-order valence-corrected chi connectivity index (χ3v) is 5.85. The van der Waals surface area contributed by atoms with Crippen LogP contribution in [-0.2, 0) is 11.3 Å². The van der Waals surface area contributed by atoms with Crippen molar-refractivity contribution >= 4 is 16.7 Å². The van der Waals surface area contributed by atoms with Gasteiger partial charge >= 0.3 is 0 Å². The molecule has 2 aromatic carbocycles. The summed E-state index contributed by atoms with van der Waals surface area (Å²) in [7, 11) is 4.05. The van der Waals surface area contributed by atoms with Gasteiger partial charge in [0.25, 0.3) is 0 Å². The van der Waals surface area contributed by atoms with Gasteiger partial charge in [-0.1, -0.05) is 30.3 Å². The van der Waals surface area contributed by atoms with Crippen molar-refractivity contribution in [1.29, 1.82) is 0 Å². The van der Waals surface area contributed by atoms with Crippen LogP contribution in [0.25, 0.3) is 22.2 Å². The summed E-state index contributed by atoms with van der Waals surface area (Å²) in [6.45, 7) is 2.89. The number of aromatic nitrogens is 3. The van der Waals surface area contributed by atoms with E-state index in [0.717, 1.165) is 35.5 Å². The van der Waals surface area contributed by atoms with Crippen LogP contribution in [0, 0.1) is 5.82 Å². The largest absolute Gasteiger partial charge is 0.369 e. The number of pyridine rings is 1. The van der Waals surface area contributed by atoms with Gasteiger partial charge in [-0.3, -0.25) is 9.88 Å². The zero-order valence-electron chi connectivity index (χ0n) is 18.8. The van der Waals surface area contributed by atoms with Crippen molar-refractivity contribution in [3.8, 4) is 11.3 Å². The molecular weight excluding hydrogens is 417 g/mol. The number of ether oxygens (including phenoxy) is 1. The summed E-state index contributed by atoms with van der Waals surface area (Å²) in [5.41, 5.74) is 4.27. The summed E-state index contributed by atoms with van der Waals surface area (Å²) in [5, 5.41) is 1.14. The first-order valence-electron chi connectivity index (χ1n) is 11.0. The Labute approximate surface area is 192 Å². The van der Waals surface area contributed by atoms with E-state index in [4.69, 9.17) is 14.7 Å². The molecule has 0 aliphatic carbocycles. The molecule has 0 saturated carbocycles. The van der Waals surface area contributed by atoms with E-state index < -0.39 is 0 Å². The van der Waals surface area contributed by atoms with Gasteiger partial charge in [0.2, 0.25) is 0 Å². The Hall–Kier alpha value is -3.42. The lowest BCUT2D eigenvalue weighted by Crippen LogP contribution is -2.38. The number of halogens is 1. The van der Waals surface area contributed by atoms with E-state index in [1.54, 1.807) is 18.5 Å². The van der Waals surface area contributed by atoms with Crippen molar-refractivity contribution in [2.24, 2.45) is 0 Å². The third-order valence-electron chi connectivity index (χ3n) is 5.85. The van der Waals surface area contributed by atoms with Gasteiger partial charge in [0.15, 0.2) is 0 Å². The lowest BCUT2D eigenvalue weighted by atomic mass is 10.1. The summed E-state index contributed by atoms with van der Waals surface area (Å²) < 4.78 is 19.7. The van der Waals surface area contributed by atoms with E-state index in [2.05, 4.69) is 26.9 Å². The fourth-order valence-electron chi connectivity index (χ4n) is 4.24. The molecule has 0 spiro atoms. The molecule has 5 rings (SSSR count). The Morgan fingerprint density at radius 3 is 2.79 bits per heavy atom. The zero-order chi connectivity index (χ0) is 22.8.